The van der Waals surface area contributed by atoms with Gasteiger partial charge in [-0.05, 0) is 37.0 Å². The molecule has 1 aliphatic rings. The number of anilines is 2. The van der Waals surface area contributed by atoms with Crippen LogP contribution >= 0.6 is 0 Å². The summed E-state index contributed by atoms with van der Waals surface area (Å²) in [5, 5.41) is 10.1. The number of aromatic nitrogens is 1. The Morgan fingerprint density at radius 3 is 2.47 bits per heavy atom. The van der Waals surface area contributed by atoms with Crippen molar-refractivity contribution in [1.29, 1.82) is 0 Å². The molecule has 5 N–H and O–H groups in total. The summed E-state index contributed by atoms with van der Waals surface area (Å²) in [7, 11) is 0. The number of urea groups is 1. The summed E-state index contributed by atoms with van der Waals surface area (Å²) in [5.41, 5.74) is -0.164. The molecule has 0 radical (unpaired) electrons. The quantitative estimate of drug-likeness (QED) is 0.435. The summed E-state index contributed by atoms with van der Waals surface area (Å²) in [6.07, 6.45) is -2.90. The number of carbonyl (C=O) groups is 1. The molecule has 1 aromatic heterocycles. The lowest BCUT2D eigenvalue weighted by atomic mass is 9.99. The van der Waals surface area contributed by atoms with Crippen LogP contribution in [0.4, 0.5) is 33.9 Å². The smallest absolute Gasteiger partial charge is 0.356 e. The average Bonchev–Trinajstić information content (AvgIpc) is 2.77. The SMILES string of the molecule is CC1CCN(c2nc(C(F)(F)F)ccc2CNC(=O)Nc2ccc(CNS(N)=O)c(F)c2)CC1. The van der Waals surface area contributed by atoms with Crippen molar-refractivity contribution < 1.29 is 26.6 Å². The van der Waals surface area contributed by atoms with E-state index in [0.29, 0.717) is 24.6 Å². The Morgan fingerprint density at radius 1 is 1.18 bits per heavy atom. The molecule has 1 aromatic carbocycles. The normalized spacial score (nSPS) is 15.8. The van der Waals surface area contributed by atoms with Crippen molar-refractivity contribution in [3.8, 4) is 0 Å². The van der Waals surface area contributed by atoms with Crippen LogP contribution in [0.2, 0.25) is 0 Å². The number of benzene rings is 1. The van der Waals surface area contributed by atoms with Gasteiger partial charge in [0.2, 0.25) is 0 Å². The monoisotopic (exact) mass is 502 g/mol. The molecule has 1 fully saturated rings. The van der Waals surface area contributed by atoms with E-state index < -0.39 is 34.9 Å². The number of amides is 2. The fraction of sp³-hybridized carbons (Fsp3) is 0.429. The van der Waals surface area contributed by atoms with Gasteiger partial charge in [0, 0.05) is 43.0 Å². The maximum Gasteiger partial charge on any atom is 0.433 e. The van der Waals surface area contributed by atoms with Gasteiger partial charge in [-0.15, -0.1) is 0 Å². The summed E-state index contributed by atoms with van der Waals surface area (Å²) < 4.78 is 67.1. The predicted octanol–water partition coefficient (Wildman–Crippen LogP) is 3.42. The number of carbonyl (C=O) groups excluding carboxylic acids is 1. The average molecular weight is 503 g/mol. The molecule has 8 nitrogen and oxygen atoms in total. The number of rotatable bonds is 7. The molecule has 2 amide bonds. The molecule has 2 aromatic rings. The van der Waals surface area contributed by atoms with Crippen LogP contribution in [-0.4, -0.2) is 28.3 Å². The van der Waals surface area contributed by atoms with Gasteiger partial charge in [0.15, 0.2) is 11.2 Å². The largest absolute Gasteiger partial charge is 0.433 e. The highest BCUT2D eigenvalue weighted by atomic mass is 32.2. The van der Waals surface area contributed by atoms with Crippen molar-refractivity contribution in [2.45, 2.75) is 39.0 Å². The summed E-state index contributed by atoms with van der Waals surface area (Å²) in [6.45, 7) is 3.13. The number of piperidine rings is 1. The fourth-order valence-corrected chi connectivity index (χ4v) is 3.83. The summed E-state index contributed by atoms with van der Waals surface area (Å²) in [5.74, 6) is 0.0425. The van der Waals surface area contributed by atoms with Gasteiger partial charge in [-0.3, -0.25) is 0 Å². The molecular formula is C21H26F4N6O2S. The standard InChI is InChI=1S/C21H26F4N6O2S/c1-13-6-8-31(9-7-13)19-15(3-5-18(30-19)21(23,24)25)11-27-20(32)29-16-4-2-14(17(22)10-16)12-28-34(26)33/h2-5,10,13,28H,6-9,11-12,26H2,1H3,(H2,27,29,32). The Labute approximate surface area is 197 Å². The van der Waals surface area contributed by atoms with Crippen LogP contribution in [0.1, 0.15) is 36.6 Å². The van der Waals surface area contributed by atoms with E-state index in [1.165, 1.54) is 18.2 Å². The maximum absolute atomic E-state index is 14.2. The van der Waals surface area contributed by atoms with E-state index in [1.54, 1.807) is 4.90 Å². The first-order valence-corrected chi connectivity index (χ1v) is 11.8. The number of nitrogens with one attached hydrogen (secondary N) is 3. The van der Waals surface area contributed by atoms with E-state index >= 15 is 0 Å². The Bertz CT molecular complexity index is 1040. The van der Waals surface area contributed by atoms with Gasteiger partial charge in [-0.2, -0.15) is 13.2 Å². The van der Waals surface area contributed by atoms with Crippen molar-refractivity contribution in [3.63, 3.8) is 0 Å². The molecule has 34 heavy (non-hydrogen) atoms. The molecule has 2 heterocycles. The van der Waals surface area contributed by atoms with Gasteiger partial charge in [0.25, 0.3) is 0 Å². The summed E-state index contributed by atoms with van der Waals surface area (Å²) >= 11 is -1.79. The highest BCUT2D eigenvalue weighted by Crippen LogP contribution is 2.32. The molecule has 1 saturated heterocycles. The van der Waals surface area contributed by atoms with Crippen molar-refractivity contribution in [2.75, 3.05) is 23.3 Å². The van der Waals surface area contributed by atoms with E-state index in [-0.39, 0.29) is 30.2 Å². The van der Waals surface area contributed by atoms with Gasteiger partial charge < -0.3 is 15.5 Å². The van der Waals surface area contributed by atoms with Crippen LogP contribution in [0.15, 0.2) is 30.3 Å². The maximum atomic E-state index is 14.2. The third kappa shape index (κ3) is 7.11. The zero-order valence-corrected chi connectivity index (χ0v) is 19.2. The van der Waals surface area contributed by atoms with E-state index in [4.69, 9.17) is 5.14 Å². The highest BCUT2D eigenvalue weighted by Gasteiger charge is 2.34. The van der Waals surface area contributed by atoms with Crippen LogP contribution in [0, 0.1) is 11.7 Å². The van der Waals surface area contributed by atoms with Crippen LogP contribution in [0.3, 0.4) is 0 Å². The number of hydrogen-bond acceptors (Lipinski definition) is 4. The van der Waals surface area contributed by atoms with E-state index in [9.17, 15) is 26.6 Å². The molecule has 1 atom stereocenters. The predicted molar refractivity (Wildman–Crippen MR) is 121 cm³/mol. The Kier molecular flexibility index (Phi) is 8.44. The van der Waals surface area contributed by atoms with Crippen LogP contribution in [0.25, 0.3) is 0 Å². The zero-order valence-electron chi connectivity index (χ0n) is 18.4. The molecule has 13 heteroatoms. The molecule has 3 rings (SSSR count). The molecule has 0 saturated carbocycles. The van der Waals surface area contributed by atoms with Gasteiger partial charge in [0.05, 0.1) is 0 Å². The number of alkyl halides is 3. The van der Waals surface area contributed by atoms with Crippen molar-refractivity contribution in [1.82, 2.24) is 15.0 Å². The Morgan fingerprint density at radius 2 is 1.85 bits per heavy atom. The van der Waals surface area contributed by atoms with Crippen molar-refractivity contribution in [2.24, 2.45) is 11.1 Å². The molecule has 0 bridgehead atoms. The van der Waals surface area contributed by atoms with Crippen LogP contribution in [0.5, 0.6) is 0 Å². The lowest BCUT2D eigenvalue weighted by molar-refractivity contribution is -0.141. The summed E-state index contributed by atoms with van der Waals surface area (Å²) in [6, 6.07) is 5.50. The first-order valence-electron chi connectivity index (χ1n) is 10.6. The summed E-state index contributed by atoms with van der Waals surface area (Å²) in [4.78, 5) is 18.0. The van der Waals surface area contributed by atoms with E-state index in [1.807, 2.05) is 0 Å². The van der Waals surface area contributed by atoms with E-state index in [2.05, 4.69) is 27.3 Å². The highest BCUT2D eigenvalue weighted by molar-refractivity contribution is 7.80. The van der Waals surface area contributed by atoms with E-state index in [0.717, 1.165) is 25.0 Å². The van der Waals surface area contributed by atoms with Crippen molar-refractivity contribution in [3.05, 3.63) is 53.0 Å². The van der Waals surface area contributed by atoms with Gasteiger partial charge in [0.1, 0.15) is 17.3 Å². The number of hydrogen-bond donors (Lipinski definition) is 4. The molecule has 0 aliphatic carbocycles. The molecule has 1 unspecified atom stereocenters. The number of nitrogens with zero attached hydrogens (tertiary/aromatic N) is 2. The van der Waals surface area contributed by atoms with Gasteiger partial charge in [-0.25, -0.2) is 28.2 Å². The second kappa shape index (κ2) is 11.1. The molecule has 1 aliphatic heterocycles. The minimum absolute atomic E-state index is 0.0552. The Hall–Kier alpha value is -2.77. The third-order valence-corrected chi connectivity index (χ3v) is 5.91. The van der Waals surface area contributed by atoms with Gasteiger partial charge >= 0.3 is 12.2 Å². The lowest BCUT2D eigenvalue weighted by Crippen LogP contribution is -2.35. The lowest BCUT2D eigenvalue weighted by Gasteiger charge is -2.33. The number of halogens is 4. The third-order valence-electron chi connectivity index (χ3n) is 5.48. The minimum Gasteiger partial charge on any atom is -0.356 e. The molecule has 186 valence electrons. The number of pyridine rings is 1. The Balaban J connectivity index is 1.67. The minimum atomic E-state index is -4.58. The second-order valence-corrected chi connectivity index (χ2v) is 8.96. The fourth-order valence-electron chi connectivity index (χ4n) is 3.54. The molecule has 0 spiro atoms. The molecular weight excluding hydrogens is 476 g/mol. The first-order chi connectivity index (χ1) is 16.0. The van der Waals surface area contributed by atoms with Crippen LogP contribution in [-0.2, 0) is 30.4 Å². The second-order valence-electron chi connectivity index (χ2n) is 8.08. The number of nitrogens with two attached hydrogens (primary N) is 1. The van der Waals surface area contributed by atoms with Gasteiger partial charge in [-0.1, -0.05) is 19.1 Å². The zero-order chi connectivity index (χ0) is 24.9. The first kappa shape index (κ1) is 25.8. The van der Waals surface area contributed by atoms with Crippen LogP contribution < -0.4 is 25.4 Å². The topological polar surface area (TPSA) is 112 Å². The van der Waals surface area contributed by atoms with Crippen molar-refractivity contribution >= 4 is 28.7 Å².